The van der Waals surface area contributed by atoms with Gasteiger partial charge in [-0.1, -0.05) is 6.58 Å². The second kappa shape index (κ2) is 4.77. The van der Waals surface area contributed by atoms with E-state index in [1.807, 2.05) is 0 Å². The van der Waals surface area contributed by atoms with Crippen molar-refractivity contribution in [3.63, 3.8) is 0 Å². The van der Waals surface area contributed by atoms with E-state index in [0.717, 1.165) is 0 Å². The number of carboxylic acid groups (broad SMARTS) is 1. The third-order valence-corrected chi connectivity index (χ3v) is 3.33. The van der Waals surface area contributed by atoms with Gasteiger partial charge >= 0.3 is 7.60 Å². The SMILES string of the molecule is C=C(CC(CCl)P(=O)(O)O)C(=O)[O-]. The minimum Gasteiger partial charge on any atom is -0.545 e. The minimum atomic E-state index is -4.35. The van der Waals surface area contributed by atoms with E-state index in [2.05, 4.69) is 6.58 Å². The summed E-state index contributed by atoms with van der Waals surface area (Å²) < 4.78 is 10.7. The Hall–Kier alpha value is -0.350. The highest BCUT2D eigenvalue weighted by molar-refractivity contribution is 7.52. The summed E-state index contributed by atoms with van der Waals surface area (Å²) in [5, 5.41) is 10.2. The molecule has 0 aromatic rings. The second-order valence-electron chi connectivity index (χ2n) is 2.49. The van der Waals surface area contributed by atoms with Crippen LogP contribution in [0.4, 0.5) is 0 Å². The van der Waals surface area contributed by atoms with Gasteiger partial charge in [0, 0.05) is 5.88 Å². The first-order chi connectivity index (χ1) is 5.79. The first-order valence-corrected chi connectivity index (χ1v) is 5.51. The summed E-state index contributed by atoms with van der Waals surface area (Å²) in [5.74, 6) is -1.85. The Balaban J connectivity index is 4.40. The molecule has 76 valence electrons. The molecule has 0 radical (unpaired) electrons. The van der Waals surface area contributed by atoms with Crippen LogP contribution < -0.4 is 5.11 Å². The molecule has 2 N–H and O–H groups in total. The molecule has 0 aliphatic heterocycles. The fraction of sp³-hybridized carbons (Fsp3) is 0.500. The van der Waals surface area contributed by atoms with Crippen LogP contribution in [-0.4, -0.2) is 27.3 Å². The van der Waals surface area contributed by atoms with Gasteiger partial charge in [0.1, 0.15) is 0 Å². The Bertz CT molecular complexity index is 258. The minimum absolute atomic E-state index is 0.323. The number of hydrogen-bond acceptors (Lipinski definition) is 3. The summed E-state index contributed by atoms with van der Waals surface area (Å²) in [7, 11) is -4.35. The Labute approximate surface area is 80.2 Å². The number of carbonyl (C=O) groups is 1. The number of halogens is 1. The lowest BCUT2D eigenvalue weighted by Gasteiger charge is -2.16. The molecular formula is C6H9ClO5P-. The molecule has 7 heteroatoms. The van der Waals surface area contributed by atoms with Crippen molar-refractivity contribution >= 4 is 25.2 Å². The highest BCUT2D eigenvalue weighted by Crippen LogP contribution is 2.44. The van der Waals surface area contributed by atoms with Gasteiger partial charge < -0.3 is 19.7 Å². The van der Waals surface area contributed by atoms with Crippen molar-refractivity contribution in [2.75, 3.05) is 5.88 Å². The highest BCUT2D eigenvalue weighted by atomic mass is 35.5. The van der Waals surface area contributed by atoms with Gasteiger partial charge in [-0.15, -0.1) is 11.6 Å². The van der Waals surface area contributed by atoms with E-state index in [1.54, 1.807) is 0 Å². The maximum absolute atomic E-state index is 10.7. The number of carbonyl (C=O) groups excluding carboxylic acids is 1. The zero-order chi connectivity index (χ0) is 10.6. The van der Waals surface area contributed by atoms with Crippen LogP contribution in [0.15, 0.2) is 12.2 Å². The average molecular weight is 228 g/mol. The Kier molecular flexibility index (Phi) is 4.64. The molecule has 0 fully saturated rings. The third kappa shape index (κ3) is 4.43. The predicted octanol–water partition coefficient (Wildman–Crippen LogP) is -0.532. The number of alkyl halides is 1. The van der Waals surface area contributed by atoms with Crippen LogP contribution in [-0.2, 0) is 9.36 Å². The zero-order valence-corrected chi connectivity index (χ0v) is 8.29. The summed E-state index contributed by atoms with van der Waals surface area (Å²) >= 11 is 5.25. The molecule has 13 heavy (non-hydrogen) atoms. The topological polar surface area (TPSA) is 97.7 Å². The van der Waals surface area contributed by atoms with Crippen LogP contribution in [0.2, 0.25) is 0 Å². The molecule has 0 amide bonds. The maximum Gasteiger partial charge on any atom is 0.330 e. The fourth-order valence-electron chi connectivity index (χ4n) is 0.631. The van der Waals surface area contributed by atoms with Crippen LogP contribution in [0.3, 0.4) is 0 Å². The molecule has 0 spiro atoms. The van der Waals surface area contributed by atoms with Crippen molar-refractivity contribution in [3.05, 3.63) is 12.2 Å². The highest BCUT2D eigenvalue weighted by Gasteiger charge is 2.28. The smallest absolute Gasteiger partial charge is 0.330 e. The van der Waals surface area contributed by atoms with Gasteiger partial charge in [0.15, 0.2) is 0 Å². The molecule has 0 aliphatic rings. The standard InChI is InChI=1S/C6H10ClO5P/c1-4(6(8)9)2-5(3-7)13(10,11)12/h5H,1-3H2,(H,8,9)(H2,10,11,12)/p-1. The van der Waals surface area contributed by atoms with Crippen LogP contribution in [0.5, 0.6) is 0 Å². The molecule has 1 atom stereocenters. The maximum atomic E-state index is 10.7. The van der Waals surface area contributed by atoms with Crippen LogP contribution in [0, 0.1) is 0 Å². The average Bonchev–Trinajstić information content (AvgIpc) is 1.96. The molecule has 0 heterocycles. The normalized spacial score (nSPS) is 13.8. The van der Waals surface area contributed by atoms with Gasteiger partial charge in [-0.3, -0.25) is 4.57 Å². The summed E-state index contributed by atoms with van der Waals surface area (Å²) in [6.45, 7) is 3.09. The molecule has 5 nitrogen and oxygen atoms in total. The van der Waals surface area contributed by atoms with Gasteiger partial charge in [-0.2, -0.15) is 0 Å². The first-order valence-electron chi connectivity index (χ1n) is 3.29. The monoisotopic (exact) mass is 227 g/mol. The molecule has 0 rings (SSSR count). The van der Waals surface area contributed by atoms with Crippen LogP contribution in [0.25, 0.3) is 0 Å². The van der Waals surface area contributed by atoms with Crippen molar-refractivity contribution in [2.45, 2.75) is 12.1 Å². The fourth-order valence-corrected chi connectivity index (χ4v) is 1.92. The molecule has 0 aliphatic carbocycles. The van der Waals surface area contributed by atoms with E-state index >= 15 is 0 Å². The first kappa shape index (κ1) is 12.7. The number of rotatable bonds is 5. The Morgan fingerprint density at radius 2 is 2.08 bits per heavy atom. The molecule has 0 aromatic carbocycles. The lowest BCUT2D eigenvalue weighted by atomic mass is 10.2. The molecule has 1 unspecified atom stereocenters. The third-order valence-electron chi connectivity index (χ3n) is 1.42. The van der Waals surface area contributed by atoms with Gasteiger partial charge in [0.25, 0.3) is 0 Å². The number of carboxylic acids is 1. The summed E-state index contributed by atoms with van der Waals surface area (Å²) in [5.41, 5.74) is -1.58. The van der Waals surface area contributed by atoms with Crippen molar-refractivity contribution in [1.29, 1.82) is 0 Å². The van der Waals surface area contributed by atoms with Gasteiger partial charge in [0.05, 0.1) is 11.6 Å². The molecule has 0 saturated carbocycles. The lowest BCUT2D eigenvalue weighted by Crippen LogP contribution is -2.26. The largest absolute Gasteiger partial charge is 0.545 e. The van der Waals surface area contributed by atoms with E-state index < -0.39 is 19.2 Å². The molecule has 0 saturated heterocycles. The van der Waals surface area contributed by atoms with E-state index in [-0.39, 0.29) is 17.9 Å². The van der Waals surface area contributed by atoms with Crippen molar-refractivity contribution in [1.82, 2.24) is 0 Å². The van der Waals surface area contributed by atoms with Crippen molar-refractivity contribution in [3.8, 4) is 0 Å². The predicted molar refractivity (Wildman–Crippen MR) is 45.3 cm³/mol. The second-order valence-corrected chi connectivity index (χ2v) is 4.71. The van der Waals surface area contributed by atoms with Gasteiger partial charge in [-0.25, -0.2) is 0 Å². The van der Waals surface area contributed by atoms with Crippen LogP contribution in [0.1, 0.15) is 6.42 Å². The van der Waals surface area contributed by atoms with Gasteiger partial charge in [-0.05, 0) is 12.0 Å². The van der Waals surface area contributed by atoms with Crippen LogP contribution >= 0.6 is 19.2 Å². The zero-order valence-electron chi connectivity index (χ0n) is 6.64. The molecule has 0 bridgehead atoms. The van der Waals surface area contributed by atoms with Crippen molar-refractivity contribution in [2.24, 2.45) is 0 Å². The summed E-state index contributed by atoms with van der Waals surface area (Å²) in [4.78, 5) is 27.5. The van der Waals surface area contributed by atoms with E-state index in [9.17, 15) is 14.5 Å². The number of hydrogen-bond donors (Lipinski definition) is 2. The molecular weight excluding hydrogens is 218 g/mol. The van der Waals surface area contributed by atoms with Crippen molar-refractivity contribution < 1.29 is 24.3 Å². The molecule has 0 aromatic heterocycles. The Morgan fingerprint density at radius 3 is 2.31 bits per heavy atom. The Morgan fingerprint density at radius 1 is 1.62 bits per heavy atom. The van der Waals surface area contributed by atoms with Gasteiger partial charge in [0.2, 0.25) is 0 Å². The van der Waals surface area contributed by atoms with E-state index in [0.29, 0.717) is 0 Å². The number of aliphatic carboxylic acids is 1. The summed E-state index contributed by atoms with van der Waals surface area (Å²) in [6.07, 6.45) is -0.365. The van der Waals surface area contributed by atoms with E-state index in [4.69, 9.17) is 21.4 Å². The van der Waals surface area contributed by atoms with E-state index in [1.165, 1.54) is 0 Å². The quantitative estimate of drug-likeness (QED) is 0.374. The summed E-state index contributed by atoms with van der Waals surface area (Å²) in [6, 6.07) is 0. The lowest BCUT2D eigenvalue weighted by molar-refractivity contribution is -0.299.